The second kappa shape index (κ2) is 5.16. The lowest BCUT2D eigenvalue weighted by Gasteiger charge is -2.25. The standard InChI is InChI=1S/C14H17N3O3S/c1-2-21(19,20)16-9-7-11(8-10-16)17-13-6-4-3-5-12(13)15-14(17)18/h3-7H,2,8-10H2,1H3,(H,15,18). The molecule has 1 aromatic carbocycles. The van der Waals surface area contributed by atoms with Crippen LogP contribution < -0.4 is 5.69 Å². The Kier molecular flexibility index (Phi) is 3.46. The van der Waals surface area contributed by atoms with Crippen molar-refractivity contribution in [3.63, 3.8) is 0 Å². The van der Waals surface area contributed by atoms with Crippen molar-refractivity contribution < 1.29 is 8.42 Å². The van der Waals surface area contributed by atoms with Gasteiger partial charge >= 0.3 is 5.69 Å². The lowest BCUT2D eigenvalue weighted by molar-refractivity contribution is 0.439. The van der Waals surface area contributed by atoms with E-state index in [1.165, 1.54) is 4.31 Å². The molecule has 0 amide bonds. The lowest BCUT2D eigenvalue weighted by atomic mass is 10.2. The molecule has 6 nitrogen and oxygen atoms in total. The molecule has 0 radical (unpaired) electrons. The molecule has 21 heavy (non-hydrogen) atoms. The average molecular weight is 307 g/mol. The highest BCUT2D eigenvalue weighted by atomic mass is 32.2. The van der Waals surface area contributed by atoms with Crippen LogP contribution in [-0.2, 0) is 10.0 Å². The van der Waals surface area contributed by atoms with Gasteiger partial charge in [-0.1, -0.05) is 12.1 Å². The van der Waals surface area contributed by atoms with E-state index in [2.05, 4.69) is 4.98 Å². The number of H-pyrrole nitrogens is 1. The zero-order valence-corrected chi connectivity index (χ0v) is 12.6. The minimum absolute atomic E-state index is 0.100. The molecule has 0 spiro atoms. The summed E-state index contributed by atoms with van der Waals surface area (Å²) < 4.78 is 26.8. The number of hydrogen-bond donors (Lipinski definition) is 1. The molecule has 0 aliphatic carbocycles. The third-order valence-electron chi connectivity index (χ3n) is 3.78. The molecule has 3 rings (SSSR count). The van der Waals surface area contributed by atoms with Gasteiger partial charge in [0.1, 0.15) is 0 Å². The summed E-state index contributed by atoms with van der Waals surface area (Å²) in [5.41, 5.74) is 2.27. The zero-order chi connectivity index (χ0) is 15.0. The maximum absolute atomic E-state index is 12.1. The third-order valence-corrected chi connectivity index (χ3v) is 5.63. The summed E-state index contributed by atoms with van der Waals surface area (Å²) in [5.74, 6) is 0.100. The van der Waals surface area contributed by atoms with E-state index >= 15 is 0 Å². The molecule has 1 aromatic heterocycles. The Hall–Kier alpha value is -1.86. The van der Waals surface area contributed by atoms with Crippen molar-refractivity contribution in [2.45, 2.75) is 13.3 Å². The summed E-state index contributed by atoms with van der Waals surface area (Å²) in [6, 6.07) is 7.48. The molecule has 0 bridgehead atoms. The molecule has 0 atom stereocenters. The largest absolute Gasteiger partial charge is 0.330 e. The van der Waals surface area contributed by atoms with Crippen molar-refractivity contribution in [3.05, 3.63) is 40.8 Å². The summed E-state index contributed by atoms with van der Waals surface area (Å²) in [7, 11) is -3.17. The molecule has 2 heterocycles. The van der Waals surface area contributed by atoms with Crippen molar-refractivity contribution in [2.24, 2.45) is 0 Å². The lowest BCUT2D eigenvalue weighted by Crippen LogP contribution is -2.36. The Balaban J connectivity index is 1.99. The topological polar surface area (TPSA) is 75.2 Å². The van der Waals surface area contributed by atoms with E-state index in [1.54, 1.807) is 11.5 Å². The molecule has 112 valence electrons. The zero-order valence-electron chi connectivity index (χ0n) is 11.7. The van der Waals surface area contributed by atoms with Gasteiger partial charge in [0.2, 0.25) is 10.0 Å². The predicted octanol–water partition coefficient (Wildman–Crippen LogP) is 1.23. The van der Waals surface area contributed by atoms with E-state index in [9.17, 15) is 13.2 Å². The molecule has 0 fully saturated rings. The van der Waals surface area contributed by atoms with Crippen LogP contribution in [0.1, 0.15) is 13.3 Å². The van der Waals surface area contributed by atoms with E-state index in [0.29, 0.717) is 19.5 Å². The number of nitrogens with one attached hydrogen (secondary N) is 1. The first-order chi connectivity index (χ1) is 10.0. The van der Waals surface area contributed by atoms with E-state index in [-0.39, 0.29) is 11.4 Å². The van der Waals surface area contributed by atoms with Crippen molar-refractivity contribution in [3.8, 4) is 0 Å². The molecule has 1 aliphatic heterocycles. The summed E-state index contributed by atoms with van der Waals surface area (Å²) in [4.78, 5) is 14.9. The summed E-state index contributed by atoms with van der Waals surface area (Å²) in [6.07, 6.45) is 2.35. The van der Waals surface area contributed by atoms with E-state index in [1.807, 2.05) is 30.3 Å². The van der Waals surface area contributed by atoms with Gasteiger partial charge < -0.3 is 4.98 Å². The fourth-order valence-corrected chi connectivity index (χ4v) is 3.65. The second-order valence-corrected chi connectivity index (χ2v) is 7.24. The molecule has 7 heteroatoms. The highest BCUT2D eigenvalue weighted by Crippen LogP contribution is 2.21. The highest BCUT2D eigenvalue weighted by molar-refractivity contribution is 7.89. The van der Waals surface area contributed by atoms with Crippen molar-refractivity contribution in [1.29, 1.82) is 0 Å². The predicted molar refractivity (Wildman–Crippen MR) is 82.5 cm³/mol. The van der Waals surface area contributed by atoms with Gasteiger partial charge in [-0.25, -0.2) is 13.2 Å². The Bertz CT molecular complexity index is 861. The highest BCUT2D eigenvalue weighted by Gasteiger charge is 2.23. The van der Waals surface area contributed by atoms with Crippen molar-refractivity contribution in [1.82, 2.24) is 13.9 Å². The van der Waals surface area contributed by atoms with Crippen molar-refractivity contribution >= 4 is 26.8 Å². The number of benzene rings is 1. The number of rotatable bonds is 3. The normalized spacial score (nSPS) is 17.1. The van der Waals surface area contributed by atoms with Crippen LogP contribution in [0, 0.1) is 0 Å². The minimum atomic E-state index is -3.17. The fourth-order valence-electron chi connectivity index (χ4n) is 2.62. The molecule has 2 aromatic rings. The number of para-hydroxylation sites is 2. The number of aromatic nitrogens is 2. The minimum Gasteiger partial charge on any atom is -0.305 e. The van der Waals surface area contributed by atoms with Crippen LogP contribution in [0.25, 0.3) is 16.7 Å². The SMILES string of the molecule is CCS(=O)(=O)N1CC=C(n2c(=O)[nH]c3ccccc32)CC1. The maximum atomic E-state index is 12.1. The Morgan fingerprint density at radius 2 is 2.05 bits per heavy atom. The quantitative estimate of drug-likeness (QED) is 0.926. The fraction of sp³-hybridized carbons (Fsp3) is 0.357. The Labute approximate surface area is 122 Å². The van der Waals surface area contributed by atoms with Gasteiger partial charge in [0.25, 0.3) is 0 Å². The number of hydrogen-bond acceptors (Lipinski definition) is 3. The molecular weight excluding hydrogens is 290 g/mol. The Morgan fingerprint density at radius 3 is 2.71 bits per heavy atom. The summed E-state index contributed by atoms with van der Waals surface area (Å²) >= 11 is 0. The van der Waals surface area contributed by atoms with Gasteiger partial charge in [-0.3, -0.25) is 4.57 Å². The second-order valence-electron chi connectivity index (χ2n) is 4.99. The number of imidazole rings is 1. The average Bonchev–Trinajstić information content (AvgIpc) is 2.83. The van der Waals surface area contributed by atoms with Crippen molar-refractivity contribution in [2.75, 3.05) is 18.8 Å². The Morgan fingerprint density at radius 1 is 1.29 bits per heavy atom. The van der Waals surface area contributed by atoms with Crippen LogP contribution in [0.3, 0.4) is 0 Å². The molecule has 0 unspecified atom stereocenters. The first-order valence-corrected chi connectivity index (χ1v) is 8.51. The van der Waals surface area contributed by atoms with Crippen LogP contribution in [0.5, 0.6) is 0 Å². The molecule has 1 aliphatic rings. The van der Waals surface area contributed by atoms with Crippen LogP contribution in [0.15, 0.2) is 35.1 Å². The van der Waals surface area contributed by atoms with Gasteiger partial charge in [-0.05, 0) is 25.1 Å². The van der Waals surface area contributed by atoms with Crippen LogP contribution in [0.2, 0.25) is 0 Å². The molecule has 0 saturated carbocycles. The number of sulfonamides is 1. The third kappa shape index (κ3) is 2.43. The first kappa shape index (κ1) is 14.1. The van der Waals surface area contributed by atoms with Gasteiger partial charge in [0, 0.05) is 25.2 Å². The number of fused-ring (bicyclic) bond motifs is 1. The molecular formula is C14H17N3O3S. The van der Waals surface area contributed by atoms with Crippen LogP contribution in [0.4, 0.5) is 0 Å². The first-order valence-electron chi connectivity index (χ1n) is 6.90. The number of aromatic amines is 1. The van der Waals surface area contributed by atoms with E-state index in [0.717, 1.165) is 16.7 Å². The monoisotopic (exact) mass is 307 g/mol. The van der Waals surface area contributed by atoms with E-state index < -0.39 is 10.0 Å². The van der Waals surface area contributed by atoms with Gasteiger partial charge in [-0.15, -0.1) is 0 Å². The van der Waals surface area contributed by atoms with Crippen LogP contribution in [-0.4, -0.2) is 41.1 Å². The summed E-state index contributed by atoms with van der Waals surface area (Å²) in [5, 5.41) is 0. The van der Waals surface area contributed by atoms with Crippen LogP contribution >= 0.6 is 0 Å². The molecule has 1 N–H and O–H groups in total. The smallest absolute Gasteiger partial charge is 0.305 e. The van der Waals surface area contributed by atoms with Gasteiger partial charge in [0.05, 0.1) is 16.8 Å². The van der Waals surface area contributed by atoms with Gasteiger partial charge in [-0.2, -0.15) is 4.31 Å². The maximum Gasteiger partial charge on any atom is 0.330 e. The number of nitrogens with zero attached hydrogens (tertiary/aromatic N) is 2. The summed E-state index contributed by atoms with van der Waals surface area (Å²) in [6.45, 7) is 2.37. The van der Waals surface area contributed by atoms with E-state index in [4.69, 9.17) is 0 Å². The van der Waals surface area contributed by atoms with Gasteiger partial charge in [0.15, 0.2) is 0 Å². The molecule has 0 saturated heterocycles.